The fraction of sp³-hybridized carbons (Fsp3) is 0.174. The molecule has 158 valence electrons. The average Bonchev–Trinajstić information content (AvgIpc) is 2.77. The van der Waals surface area contributed by atoms with E-state index in [-0.39, 0.29) is 18.1 Å². The molecule has 31 heavy (non-hydrogen) atoms. The molecule has 1 aliphatic heterocycles. The van der Waals surface area contributed by atoms with E-state index in [1.807, 2.05) is 30.3 Å². The molecular weight excluding hydrogens is 396 g/mol. The van der Waals surface area contributed by atoms with E-state index in [9.17, 15) is 9.59 Å². The zero-order valence-electron chi connectivity index (χ0n) is 16.9. The number of esters is 1. The van der Waals surface area contributed by atoms with Crippen molar-refractivity contribution in [3.63, 3.8) is 0 Å². The molecule has 0 aliphatic carbocycles. The SMILES string of the molecule is COC(=O)c1cccc(N2CC(Oc3ccc(NC(=O)Nc4cccnc4)cc3)C2)c1. The molecule has 1 aliphatic rings. The monoisotopic (exact) mass is 418 g/mol. The largest absolute Gasteiger partial charge is 0.487 e. The van der Waals surface area contributed by atoms with Gasteiger partial charge in [0.25, 0.3) is 0 Å². The van der Waals surface area contributed by atoms with Gasteiger partial charge in [0, 0.05) is 17.6 Å². The van der Waals surface area contributed by atoms with Crippen molar-refractivity contribution in [2.75, 3.05) is 35.7 Å². The Kier molecular flexibility index (Phi) is 5.98. The number of benzene rings is 2. The lowest BCUT2D eigenvalue weighted by atomic mass is 10.1. The number of carbonyl (C=O) groups is 2. The molecule has 0 radical (unpaired) electrons. The van der Waals surface area contributed by atoms with Crippen LogP contribution < -0.4 is 20.3 Å². The molecule has 0 unspecified atom stereocenters. The van der Waals surface area contributed by atoms with Crippen LogP contribution in [0.4, 0.5) is 21.9 Å². The minimum atomic E-state index is -0.349. The van der Waals surface area contributed by atoms with Crippen LogP contribution in [0.25, 0.3) is 0 Å². The van der Waals surface area contributed by atoms with Crippen LogP contribution in [0.15, 0.2) is 73.1 Å². The number of pyridine rings is 1. The number of methoxy groups -OCH3 is 1. The summed E-state index contributed by atoms with van der Waals surface area (Å²) < 4.78 is 10.8. The normalized spacial score (nSPS) is 13.1. The van der Waals surface area contributed by atoms with Crippen LogP contribution in [0.5, 0.6) is 5.75 Å². The fourth-order valence-electron chi connectivity index (χ4n) is 3.21. The summed E-state index contributed by atoms with van der Waals surface area (Å²) >= 11 is 0. The summed E-state index contributed by atoms with van der Waals surface area (Å²) in [6.45, 7) is 1.44. The van der Waals surface area contributed by atoms with Crippen LogP contribution >= 0.6 is 0 Å². The molecular formula is C23H22N4O4. The molecule has 8 nitrogen and oxygen atoms in total. The van der Waals surface area contributed by atoms with Gasteiger partial charge in [-0.25, -0.2) is 9.59 Å². The van der Waals surface area contributed by atoms with Gasteiger partial charge in [-0.05, 0) is 54.6 Å². The van der Waals surface area contributed by atoms with Gasteiger partial charge in [0.05, 0.1) is 37.6 Å². The van der Waals surface area contributed by atoms with Gasteiger partial charge in [-0.3, -0.25) is 4.98 Å². The first-order chi connectivity index (χ1) is 15.1. The first kappa shape index (κ1) is 20.2. The zero-order chi connectivity index (χ0) is 21.6. The summed E-state index contributed by atoms with van der Waals surface area (Å²) in [6.07, 6.45) is 3.27. The molecule has 4 rings (SSSR count). The summed E-state index contributed by atoms with van der Waals surface area (Å²) in [5.41, 5.74) is 2.76. The van der Waals surface area contributed by atoms with Crippen molar-refractivity contribution in [1.29, 1.82) is 0 Å². The third kappa shape index (κ3) is 5.11. The number of hydrogen-bond acceptors (Lipinski definition) is 6. The Balaban J connectivity index is 1.26. The number of rotatable bonds is 6. The minimum absolute atomic E-state index is 0.0504. The second-order valence-corrected chi connectivity index (χ2v) is 7.03. The molecule has 2 aromatic carbocycles. The second-order valence-electron chi connectivity index (χ2n) is 7.03. The van der Waals surface area contributed by atoms with E-state index >= 15 is 0 Å². The molecule has 0 saturated carbocycles. The van der Waals surface area contributed by atoms with Gasteiger partial charge in [-0.15, -0.1) is 0 Å². The lowest BCUT2D eigenvalue weighted by Gasteiger charge is -2.40. The number of anilines is 3. The molecule has 1 saturated heterocycles. The smallest absolute Gasteiger partial charge is 0.337 e. The molecule has 3 aromatic rings. The third-order valence-electron chi connectivity index (χ3n) is 4.81. The van der Waals surface area contributed by atoms with Crippen molar-refractivity contribution in [3.05, 3.63) is 78.6 Å². The van der Waals surface area contributed by atoms with Crippen LogP contribution in [0, 0.1) is 0 Å². The van der Waals surface area contributed by atoms with Gasteiger partial charge < -0.3 is 25.0 Å². The number of amides is 2. The molecule has 1 aromatic heterocycles. The second kappa shape index (κ2) is 9.17. The molecule has 0 bridgehead atoms. The quantitative estimate of drug-likeness (QED) is 0.592. The molecule has 0 spiro atoms. The highest BCUT2D eigenvalue weighted by atomic mass is 16.5. The number of aromatic nitrogens is 1. The Morgan fingerprint density at radius 1 is 1.00 bits per heavy atom. The lowest BCUT2D eigenvalue weighted by molar-refractivity contribution is 0.0600. The van der Waals surface area contributed by atoms with Crippen LogP contribution in [0.2, 0.25) is 0 Å². The minimum Gasteiger partial charge on any atom is -0.487 e. The molecule has 8 heteroatoms. The predicted octanol–water partition coefficient (Wildman–Crippen LogP) is 3.78. The van der Waals surface area contributed by atoms with Gasteiger partial charge >= 0.3 is 12.0 Å². The van der Waals surface area contributed by atoms with Gasteiger partial charge in [0.15, 0.2) is 0 Å². The van der Waals surface area contributed by atoms with Crippen molar-refractivity contribution < 1.29 is 19.1 Å². The fourth-order valence-corrected chi connectivity index (χ4v) is 3.21. The van der Waals surface area contributed by atoms with Crippen molar-refractivity contribution in [2.24, 2.45) is 0 Å². The van der Waals surface area contributed by atoms with Crippen LogP contribution in [0.3, 0.4) is 0 Å². The van der Waals surface area contributed by atoms with Gasteiger partial charge in [-0.1, -0.05) is 6.07 Å². The first-order valence-corrected chi connectivity index (χ1v) is 9.79. The summed E-state index contributed by atoms with van der Waals surface area (Å²) in [6, 6.07) is 17.7. The van der Waals surface area contributed by atoms with Crippen molar-refractivity contribution in [3.8, 4) is 5.75 Å². The molecule has 2 amide bonds. The van der Waals surface area contributed by atoms with Crippen molar-refractivity contribution in [2.45, 2.75) is 6.10 Å². The maximum absolute atomic E-state index is 12.0. The van der Waals surface area contributed by atoms with E-state index in [1.165, 1.54) is 7.11 Å². The first-order valence-electron chi connectivity index (χ1n) is 9.79. The molecule has 2 N–H and O–H groups in total. The summed E-state index contributed by atoms with van der Waals surface area (Å²) in [5, 5.41) is 5.48. The predicted molar refractivity (Wildman–Crippen MR) is 118 cm³/mol. The summed E-state index contributed by atoms with van der Waals surface area (Å²) in [7, 11) is 1.37. The van der Waals surface area contributed by atoms with E-state index in [1.54, 1.807) is 42.7 Å². The standard InChI is InChI=1S/C23H22N4O4/c1-30-22(28)16-4-2-6-19(12-16)27-14-21(15-27)31-20-9-7-17(8-10-20)25-23(29)26-18-5-3-11-24-13-18/h2-13,21H,14-15H2,1H3,(H2,25,26,29). The van der Waals surface area contributed by atoms with Gasteiger partial charge in [0.2, 0.25) is 0 Å². The number of urea groups is 1. The number of ether oxygens (including phenoxy) is 2. The highest BCUT2D eigenvalue weighted by Gasteiger charge is 2.29. The highest BCUT2D eigenvalue weighted by Crippen LogP contribution is 2.26. The van der Waals surface area contributed by atoms with E-state index in [2.05, 4.69) is 20.5 Å². The molecule has 2 heterocycles. The zero-order valence-corrected chi connectivity index (χ0v) is 16.9. The Morgan fingerprint density at radius 3 is 2.48 bits per heavy atom. The van der Waals surface area contributed by atoms with Crippen LogP contribution in [-0.2, 0) is 4.74 Å². The molecule has 0 atom stereocenters. The molecule has 1 fully saturated rings. The van der Waals surface area contributed by atoms with Gasteiger partial charge in [0.1, 0.15) is 11.9 Å². The van der Waals surface area contributed by atoms with Gasteiger partial charge in [-0.2, -0.15) is 0 Å². The van der Waals surface area contributed by atoms with E-state index in [0.717, 1.165) is 24.5 Å². The Morgan fingerprint density at radius 2 is 1.77 bits per heavy atom. The Bertz CT molecular complexity index is 1050. The Hall–Kier alpha value is -4.07. The summed E-state index contributed by atoms with van der Waals surface area (Å²) in [5.74, 6) is 0.379. The average molecular weight is 418 g/mol. The number of hydrogen-bond donors (Lipinski definition) is 2. The highest BCUT2D eigenvalue weighted by molar-refractivity contribution is 5.99. The van der Waals surface area contributed by atoms with E-state index in [4.69, 9.17) is 9.47 Å². The lowest BCUT2D eigenvalue weighted by Crippen LogP contribution is -2.54. The van der Waals surface area contributed by atoms with Crippen LogP contribution in [-0.4, -0.2) is 43.3 Å². The number of nitrogens with one attached hydrogen (secondary N) is 2. The third-order valence-corrected chi connectivity index (χ3v) is 4.81. The summed E-state index contributed by atoms with van der Waals surface area (Å²) in [4.78, 5) is 29.8. The topological polar surface area (TPSA) is 92.8 Å². The van der Waals surface area contributed by atoms with Crippen molar-refractivity contribution in [1.82, 2.24) is 4.98 Å². The van der Waals surface area contributed by atoms with E-state index in [0.29, 0.717) is 16.9 Å². The number of nitrogens with zero attached hydrogens (tertiary/aromatic N) is 2. The van der Waals surface area contributed by atoms with Crippen molar-refractivity contribution >= 4 is 29.1 Å². The van der Waals surface area contributed by atoms with E-state index < -0.39 is 0 Å². The Labute approximate surface area is 179 Å². The number of carbonyl (C=O) groups excluding carboxylic acids is 2. The van der Waals surface area contributed by atoms with Crippen LogP contribution in [0.1, 0.15) is 10.4 Å². The maximum Gasteiger partial charge on any atom is 0.337 e. The maximum atomic E-state index is 12.0.